The highest BCUT2D eigenvalue weighted by atomic mass is 16.5. The quantitative estimate of drug-likeness (QED) is 0.692. The lowest BCUT2D eigenvalue weighted by Gasteiger charge is -2.04. The minimum atomic E-state index is -0.507. The van der Waals surface area contributed by atoms with Gasteiger partial charge in [0.25, 0.3) is 0 Å². The zero-order valence-electron chi connectivity index (χ0n) is 7.77. The highest BCUT2D eigenvalue weighted by Crippen LogP contribution is 1.88. The van der Waals surface area contributed by atoms with Gasteiger partial charge in [0.1, 0.15) is 12.9 Å². The van der Waals surface area contributed by atoms with E-state index in [0.717, 1.165) is 0 Å². The van der Waals surface area contributed by atoms with Gasteiger partial charge in [0.15, 0.2) is 0 Å². The van der Waals surface area contributed by atoms with Crippen molar-refractivity contribution in [2.45, 2.75) is 6.92 Å². The number of carbonyl (C=O) groups excluding carboxylic acids is 2. The third-order valence-electron chi connectivity index (χ3n) is 1.42. The van der Waals surface area contributed by atoms with Crippen LogP contribution >= 0.6 is 0 Å². The molecule has 1 heterocycles. The Morgan fingerprint density at radius 3 is 2.93 bits per heavy atom. The number of nitrogens with zero attached hydrogens (tertiary/aromatic N) is 2. The van der Waals surface area contributed by atoms with Gasteiger partial charge in [-0.25, -0.2) is 14.3 Å². The number of nitrogens with one attached hydrogen (secondary N) is 1. The minimum absolute atomic E-state index is 0.149. The third kappa shape index (κ3) is 3.26. The molecule has 0 bridgehead atoms. The average Bonchev–Trinajstić information content (AvgIpc) is 2.64. The van der Waals surface area contributed by atoms with Gasteiger partial charge in [-0.2, -0.15) is 0 Å². The van der Waals surface area contributed by atoms with E-state index in [9.17, 15) is 9.59 Å². The highest BCUT2D eigenvalue weighted by molar-refractivity contribution is 5.73. The second-order valence-electron chi connectivity index (χ2n) is 2.57. The van der Waals surface area contributed by atoms with Crippen molar-refractivity contribution in [2.75, 3.05) is 13.2 Å². The Morgan fingerprint density at radius 2 is 2.36 bits per heavy atom. The number of amides is 1. The van der Waals surface area contributed by atoms with E-state index in [-0.39, 0.29) is 12.5 Å². The van der Waals surface area contributed by atoms with Crippen molar-refractivity contribution in [3.05, 3.63) is 18.7 Å². The van der Waals surface area contributed by atoms with Gasteiger partial charge in [0, 0.05) is 19.3 Å². The van der Waals surface area contributed by atoms with Crippen molar-refractivity contribution >= 4 is 12.0 Å². The molecule has 0 radical (unpaired) electrons. The van der Waals surface area contributed by atoms with Crippen LogP contribution in [-0.4, -0.2) is 34.7 Å². The highest BCUT2D eigenvalue weighted by Gasteiger charge is 2.03. The largest absolute Gasteiger partial charge is 0.447 e. The molecule has 0 aromatic carbocycles. The summed E-state index contributed by atoms with van der Waals surface area (Å²) in [6.07, 6.45) is 3.81. The molecule has 0 fully saturated rings. The number of carbonyl (C=O) groups is 2. The number of imidazole rings is 1. The Balaban J connectivity index is 2.19. The normalized spacial score (nSPS) is 9.50. The van der Waals surface area contributed by atoms with Crippen LogP contribution in [0.3, 0.4) is 0 Å². The molecule has 1 rings (SSSR count). The van der Waals surface area contributed by atoms with Gasteiger partial charge < -0.3 is 10.1 Å². The van der Waals surface area contributed by atoms with Crippen molar-refractivity contribution in [3.63, 3.8) is 0 Å². The van der Waals surface area contributed by atoms with Crippen molar-refractivity contribution in [3.8, 4) is 0 Å². The van der Waals surface area contributed by atoms with Crippen LogP contribution in [0.2, 0.25) is 0 Å². The molecule has 0 aliphatic heterocycles. The second-order valence-corrected chi connectivity index (χ2v) is 2.57. The smallest absolute Gasteiger partial charge is 0.419 e. The van der Waals surface area contributed by atoms with Crippen LogP contribution in [0.1, 0.15) is 6.92 Å². The van der Waals surface area contributed by atoms with E-state index in [1.165, 1.54) is 30.2 Å². The van der Waals surface area contributed by atoms with Crippen LogP contribution in [-0.2, 0) is 9.53 Å². The van der Waals surface area contributed by atoms with Gasteiger partial charge in [-0.05, 0) is 0 Å². The van der Waals surface area contributed by atoms with E-state index in [0.29, 0.717) is 6.54 Å². The number of aromatic nitrogens is 2. The lowest BCUT2D eigenvalue weighted by molar-refractivity contribution is -0.119. The Kier molecular flexibility index (Phi) is 3.66. The standard InChI is InChI=1S/C8H11N3O3/c1-7(12)10-3-5-14-8(13)11-4-2-9-6-11/h2,4,6H,3,5H2,1H3,(H,10,12). The Hall–Kier alpha value is -1.85. The second kappa shape index (κ2) is 5.00. The molecule has 1 amide bonds. The number of hydrogen-bond donors (Lipinski definition) is 1. The first kappa shape index (κ1) is 10.2. The van der Waals surface area contributed by atoms with Gasteiger partial charge in [0.2, 0.25) is 5.91 Å². The monoisotopic (exact) mass is 197 g/mol. The first-order chi connectivity index (χ1) is 6.70. The topological polar surface area (TPSA) is 73.2 Å². The minimum Gasteiger partial charge on any atom is -0.447 e. The molecule has 6 heteroatoms. The Morgan fingerprint density at radius 1 is 1.57 bits per heavy atom. The first-order valence-corrected chi connectivity index (χ1v) is 4.09. The lowest BCUT2D eigenvalue weighted by atomic mass is 10.6. The predicted molar refractivity (Wildman–Crippen MR) is 47.7 cm³/mol. The van der Waals surface area contributed by atoms with Crippen LogP contribution in [0.15, 0.2) is 18.7 Å². The summed E-state index contributed by atoms with van der Waals surface area (Å²) >= 11 is 0. The number of hydrogen-bond acceptors (Lipinski definition) is 4. The van der Waals surface area contributed by atoms with Crippen molar-refractivity contribution in [2.24, 2.45) is 0 Å². The van der Waals surface area contributed by atoms with E-state index < -0.39 is 6.09 Å². The van der Waals surface area contributed by atoms with E-state index in [1.807, 2.05) is 0 Å². The fourth-order valence-electron chi connectivity index (χ4n) is 0.807. The summed E-state index contributed by atoms with van der Waals surface area (Å²) in [5.41, 5.74) is 0. The summed E-state index contributed by atoms with van der Waals surface area (Å²) < 4.78 is 6.02. The molecule has 0 atom stereocenters. The van der Waals surface area contributed by atoms with E-state index >= 15 is 0 Å². The molecule has 14 heavy (non-hydrogen) atoms. The molecule has 1 N–H and O–H groups in total. The first-order valence-electron chi connectivity index (χ1n) is 4.09. The molecule has 0 saturated carbocycles. The fourth-order valence-corrected chi connectivity index (χ4v) is 0.807. The summed E-state index contributed by atoms with van der Waals surface area (Å²) in [7, 11) is 0. The predicted octanol–water partition coefficient (Wildman–Crippen LogP) is 0.00390. The number of rotatable bonds is 3. The maximum absolute atomic E-state index is 11.1. The molecule has 0 aliphatic carbocycles. The molecule has 6 nitrogen and oxygen atoms in total. The molecular formula is C8H11N3O3. The summed E-state index contributed by atoms with van der Waals surface area (Å²) in [6, 6.07) is 0. The van der Waals surface area contributed by atoms with Crippen LogP contribution in [0.5, 0.6) is 0 Å². The maximum atomic E-state index is 11.1. The number of ether oxygens (including phenoxy) is 1. The van der Waals surface area contributed by atoms with Crippen LogP contribution in [0.25, 0.3) is 0 Å². The summed E-state index contributed by atoms with van der Waals surface area (Å²) in [5.74, 6) is -0.149. The molecule has 1 aromatic heterocycles. The molecule has 0 spiro atoms. The molecule has 0 aliphatic rings. The Bertz CT molecular complexity index is 308. The summed E-state index contributed by atoms with van der Waals surface area (Å²) in [4.78, 5) is 25.3. The van der Waals surface area contributed by atoms with Crippen LogP contribution in [0.4, 0.5) is 4.79 Å². The van der Waals surface area contributed by atoms with E-state index in [2.05, 4.69) is 10.3 Å². The molecule has 1 aromatic rings. The van der Waals surface area contributed by atoms with Crippen molar-refractivity contribution < 1.29 is 14.3 Å². The van der Waals surface area contributed by atoms with Crippen LogP contribution < -0.4 is 5.32 Å². The molecular weight excluding hydrogens is 186 g/mol. The van der Waals surface area contributed by atoms with Gasteiger partial charge in [0.05, 0.1) is 6.54 Å². The van der Waals surface area contributed by atoms with Crippen LogP contribution in [0, 0.1) is 0 Å². The van der Waals surface area contributed by atoms with Gasteiger partial charge in [-0.3, -0.25) is 4.79 Å². The zero-order chi connectivity index (χ0) is 10.4. The average molecular weight is 197 g/mol. The zero-order valence-corrected chi connectivity index (χ0v) is 7.77. The lowest BCUT2D eigenvalue weighted by Crippen LogP contribution is -2.26. The van der Waals surface area contributed by atoms with Crippen molar-refractivity contribution in [1.29, 1.82) is 0 Å². The SMILES string of the molecule is CC(=O)NCCOC(=O)n1ccnc1. The van der Waals surface area contributed by atoms with E-state index in [1.54, 1.807) is 0 Å². The summed E-state index contributed by atoms with van der Waals surface area (Å²) in [6.45, 7) is 1.87. The third-order valence-corrected chi connectivity index (χ3v) is 1.42. The van der Waals surface area contributed by atoms with Gasteiger partial charge in [-0.1, -0.05) is 0 Å². The fraction of sp³-hybridized carbons (Fsp3) is 0.375. The Labute approximate surface area is 80.9 Å². The van der Waals surface area contributed by atoms with Gasteiger partial charge in [-0.15, -0.1) is 0 Å². The van der Waals surface area contributed by atoms with Gasteiger partial charge >= 0.3 is 6.09 Å². The summed E-state index contributed by atoms with van der Waals surface area (Å²) in [5, 5.41) is 2.51. The molecule has 0 saturated heterocycles. The van der Waals surface area contributed by atoms with E-state index in [4.69, 9.17) is 4.74 Å². The molecule has 0 unspecified atom stereocenters. The molecule has 76 valence electrons. The van der Waals surface area contributed by atoms with Crippen molar-refractivity contribution in [1.82, 2.24) is 14.9 Å². The maximum Gasteiger partial charge on any atom is 0.419 e.